The normalized spacial score (nSPS) is 31.0. The van der Waals surface area contributed by atoms with Crippen LogP contribution in [-0.4, -0.2) is 43.5 Å². The van der Waals surface area contributed by atoms with Gasteiger partial charge in [-0.1, -0.05) is 0 Å². The van der Waals surface area contributed by atoms with Crippen LogP contribution in [0.3, 0.4) is 0 Å². The van der Waals surface area contributed by atoms with Crippen molar-refractivity contribution >= 4 is 0 Å². The Kier molecular flexibility index (Phi) is 3.26. The number of hydrogen-bond acceptors (Lipinski definition) is 2. The van der Waals surface area contributed by atoms with Crippen LogP contribution in [0.5, 0.6) is 0 Å². The lowest BCUT2D eigenvalue weighted by Gasteiger charge is -2.36. The number of piperidine rings is 1. The van der Waals surface area contributed by atoms with E-state index in [1.165, 1.54) is 0 Å². The average molecular weight is 218 g/mol. The molecule has 0 amide bonds. The summed E-state index contributed by atoms with van der Waals surface area (Å²) in [6.07, 6.45) is 2.82. The fourth-order valence-corrected chi connectivity index (χ4v) is 2.69. The third kappa shape index (κ3) is 2.31. The van der Waals surface area contributed by atoms with Gasteiger partial charge in [-0.3, -0.25) is 0 Å². The number of rotatable bonds is 2. The quantitative estimate of drug-likeness (QED) is 0.759. The summed E-state index contributed by atoms with van der Waals surface area (Å²) in [6.45, 7) is 2.38. The third-order valence-corrected chi connectivity index (χ3v) is 3.79. The van der Waals surface area contributed by atoms with Crippen LogP contribution in [0, 0.1) is 5.92 Å². The summed E-state index contributed by atoms with van der Waals surface area (Å²) in [5.74, 6) is -2.91. The molecule has 2 rings (SSSR count). The molecule has 0 spiro atoms. The van der Waals surface area contributed by atoms with Crippen LogP contribution in [0.2, 0.25) is 0 Å². The topological polar surface area (TPSA) is 15.3 Å². The molecule has 2 heterocycles. The standard InChI is InChI=1S/C11H20F2N2/c1-15-7-4-9(5-8-15)11(12,13)10-3-2-6-14-10/h9-10,14H,2-8H2,1H3. The Morgan fingerprint density at radius 1 is 1.20 bits per heavy atom. The maximum absolute atomic E-state index is 14.1. The second-order valence-electron chi connectivity index (χ2n) is 4.90. The monoisotopic (exact) mass is 218 g/mol. The highest BCUT2D eigenvalue weighted by molar-refractivity contribution is 4.93. The summed E-state index contributed by atoms with van der Waals surface area (Å²) in [4.78, 5) is 2.13. The molecule has 15 heavy (non-hydrogen) atoms. The van der Waals surface area contributed by atoms with Crippen LogP contribution < -0.4 is 5.32 Å². The zero-order valence-electron chi connectivity index (χ0n) is 9.31. The molecule has 0 saturated carbocycles. The summed E-state index contributed by atoms with van der Waals surface area (Å²) in [6, 6.07) is -0.564. The van der Waals surface area contributed by atoms with Gasteiger partial charge in [-0.05, 0) is 52.4 Å². The van der Waals surface area contributed by atoms with E-state index in [1.807, 2.05) is 7.05 Å². The van der Waals surface area contributed by atoms with E-state index in [0.29, 0.717) is 19.3 Å². The largest absolute Gasteiger partial charge is 0.309 e. The lowest BCUT2D eigenvalue weighted by molar-refractivity contribution is -0.101. The first kappa shape index (κ1) is 11.3. The summed E-state index contributed by atoms with van der Waals surface area (Å²) < 4.78 is 28.1. The minimum absolute atomic E-state index is 0.413. The van der Waals surface area contributed by atoms with Gasteiger partial charge in [-0.15, -0.1) is 0 Å². The van der Waals surface area contributed by atoms with Crippen molar-refractivity contribution in [2.24, 2.45) is 5.92 Å². The van der Waals surface area contributed by atoms with Crippen LogP contribution in [0.1, 0.15) is 25.7 Å². The highest BCUT2D eigenvalue weighted by Gasteiger charge is 2.47. The molecule has 0 aromatic heterocycles. The number of likely N-dealkylation sites (tertiary alicyclic amines) is 1. The van der Waals surface area contributed by atoms with Gasteiger partial charge in [0.05, 0.1) is 6.04 Å². The second-order valence-corrected chi connectivity index (χ2v) is 4.90. The van der Waals surface area contributed by atoms with Gasteiger partial charge in [0, 0.05) is 5.92 Å². The van der Waals surface area contributed by atoms with Crippen molar-refractivity contribution in [1.29, 1.82) is 0 Å². The molecular weight excluding hydrogens is 198 g/mol. The molecule has 2 fully saturated rings. The molecule has 1 atom stereocenters. The van der Waals surface area contributed by atoms with Gasteiger partial charge in [-0.25, -0.2) is 8.78 Å². The molecule has 88 valence electrons. The van der Waals surface area contributed by atoms with Crippen molar-refractivity contribution in [3.63, 3.8) is 0 Å². The number of hydrogen-bond donors (Lipinski definition) is 1. The first-order chi connectivity index (χ1) is 7.10. The maximum atomic E-state index is 14.1. The van der Waals surface area contributed by atoms with Crippen LogP contribution in [0.4, 0.5) is 8.78 Å². The van der Waals surface area contributed by atoms with Crippen LogP contribution in [0.15, 0.2) is 0 Å². The van der Waals surface area contributed by atoms with Crippen molar-refractivity contribution in [2.45, 2.75) is 37.6 Å². The van der Waals surface area contributed by atoms with Gasteiger partial charge < -0.3 is 10.2 Å². The van der Waals surface area contributed by atoms with Crippen LogP contribution in [0.25, 0.3) is 0 Å². The Morgan fingerprint density at radius 3 is 2.40 bits per heavy atom. The van der Waals surface area contributed by atoms with Crippen molar-refractivity contribution in [2.75, 3.05) is 26.7 Å². The van der Waals surface area contributed by atoms with E-state index in [1.54, 1.807) is 0 Å². The SMILES string of the molecule is CN1CCC(C(F)(F)C2CCCN2)CC1. The van der Waals surface area contributed by atoms with E-state index in [-0.39, 0.29) is 0 Å². The molecule has 4 heteroatoms. The molecular formula is C11H20F2N2. The maximum Gasteiger partial charge on any atom is 0.265 e. The van der Waals surface area contributed by atoms with Crippen LogP contribution in [-0.2, 0) is 0 Å². The first-order valence-electron chi connectivity index (χ1n) is 5.90. The number of nitrogens with zero attached hydrogens (tertiary/aromatic N) is 1. The van der Waals surface area contributed by atoms with Crippen molar-refractivity contribution in [3.05, 3.63) is 0 Å². The summed E-state index contributed by atoms with van der Waals surface area (Å²) >= 11 is 0. The van der Waals surface area contributed by atoms with Gasteiger partial charge in [0.25, 0.3) is 5.92 Å². The van der Waals surface area contributed by atoms with Gasteiger partial charge >= 0.3 is 0 Å². The highest BCUT2D eigenvalue weighted by Crippen LogP contribution is 2.38. The smallest absolute Gasteiger partial charge is 0.265 e. The Balaban J connectivity index is 1.95. The Bertz CT molecular complexity index is 207. The molecule has 2 aliphatic rings. The molecule has 2 saturated heterocycles. The Morgan fingerprint density at radius 2 is 1.87 bits per heavy atom. The minimum Gasteiger partial charge on any atom is -0.309 e. The van der Waals surface area contributed by atoms with E-state index >= 15 is 0 Å². The molecule has 1 N–H and O–H groups in total. The molecule has 2 aliphatic heterocycles. The van der Waals surface area contributed by atoms with Crippen LogP contribution >= 0.6 is 0 Å². The molecule has 0 aliphatic carbocycles. The van der Waals surface area contributed by atoms with E-state index in [4.69, 9.17) is 0 Å². The molecule has 2 nitrogen and oxygen atoms in total. The lowest BCUT2D eigenvalue weighted by atomic mass is 9.86. The zero-order valence-corrected chi connectivity index (χ0v) is 9.31. The van der Waals surface area contributed by atoms with Crippen molar-refractivity contribution in [3.8, 4) is 0 Å². The summed E-state index contributed by atoms with van der Waals surface area (Å²) in [5, 5.41) is 2.94. The fraction of sp³-hybridized carbons (Fsp3) is 1.00. The second kappa shape index (κ2) is 4.34. The predicted octanol–water partition coefficient (Wildman–Crippen LogP) is 1.72. The first-order valence-corrected chi connectivity index (χ1v) is 5.90. The highest BCUT2D eigenvalue weighted by atomic mass is 19.3. The third-order valence-electron chi connectivity index (χ3n) is 3.79. The van der Waals surface area contributed by atoms with Crippen molar-refractivity contribution in [1.82, 2.24) is 10.2 Å². The van der Waals surface area contributed by atoms with E-state index in [0.717, 1.165) is 26.1 Å². The molecule has 0 bridgehead atoms. The number of alkyl halides is 2. The molecule has 0 aromatic carbocycles. The zero-order chi connectivity index (χ0) is 10.9. The number of halogens is 2. The van der Waals surface area contributed by atoms with Crippen molar-refractivity contribution < 1.29 is 8.78 Å². The fourth-order valence-electron chi connectivity index (χ4n) is 2.69. The van der Waals surface area contributed by atoms with Gasteiger partial charge in [0.1, 0.15) is 0 Å². The Hall–Kier alpha value is -0.220. The van der Waals surface area contributed by atoms with Gasteiger partial charge in [0.2, 0.25) is 0 Å². The lowest BCUT2D eigenvalue weighted by Crippen LogP contribution is -2.49. The average Bonchev–Trinajstić information content (AvgIpc) is 2.71. The number of nitrogens with one attached hydrogen (secondary N) is 1. The minimum atomic E-state index is -2.50. The Labute approximate surface area is 90.0 Å². The summed E-state index contributed by atoms with van der Waals surface area (Å²) in [5.41, 5.74) is 0. The molecule has 0 aromatic rings. The van der Waals surface area contributed by atoms with Gasteiger partial charge in [0.15, 0.2) is 0 Å². The van der Waals surface area contributed by atoms with E-state index in [2.05, 4.69) is 10.2 Å². The van der Waals surface area contributed by atoms with E-state index in [9.17, 15) is 8.78 Å². The van der Waals surface area contributed by atoms with E-state index < -0.39 is 17.9 Å². The molecule has 1 unspecified atom stereocenters. The van der Waals surface area contributed by atoms with Gasteiger partial charge in [-0.2, -0.15) is 0 Å². The summed E-state index contributed by atoms with van der Waals surface area (Å²) in [7, 11) is 2.00. The predicted molar refractivity (Wildman–Crippen MR) is 56.2 cm³/mol. The molecule has 0 radical (unpaired) electrons.